The summed E-state index contributed by atoms with van der Waals surface area (Å²) in [5.74, 6) is 0.641. The van der Waals surface area contributed by atoms with Gasteiger partial charge in [-0.25, -0.2) is 0 Å². The molecular formula is C24H26N4O3. The van der Waals surface area contributed by atoms with Gasteiger partial charge >= 0.3 is 0 Å². The molecule has 2 amide bonds. The summed E-state index contributed by atoms with van der Waals surface area (Å²) in [5.41, 5.74) is 3.39. The number of nitrogens with one attached hydrogen (secondary N) is 1. The molecule has 2 aromatic carbocycles. The Morgan fingerprint density at radius 2 is 1.94 bits per heavy atom. The fourth-order valence-corrected chi connectivity index (χ4v) is 3.56. The number of carbonyl (C=O) groups is 2. The summed E-state index contributed by atoms with van der Waals surface area (Å²) in [6.07, 6.45) is 1.39. The first-order valence-electron chi connectivity index (χ1n) is 10.4. The number of carbonyl (C=O) groups excluding carboxylic acids is 2. The zero-order valence-electron chi connectivity index (χ0n) is 18.0. The first-order valence-corrected chi connectivity index (χ1v) is 10.4. The van der Waals surface area contributed by atoms with Gasteiger partial charge in [-0.1, -0.05) is 56.3 Å². The van der Waals surface area contributed by atoms with Crippen LogP contribution in [0.15, 0.2) is 53.1 Å². The number of hydrogen-bond donors (Lipinski definition) is 1. The molecule has 1 fully saturated rings. The Balaban J connectivity index is 1.40. The lowest BCUT2D eigenvalue weighted by atomic mass is 9.87. The molecule has 0 bridgehead atoms. The number of nitrogens with zero attached hydrogens (tertiary/aromatic N) is 3. The maximum atomic E-state index is 12.6. The molecule has 0 saturated carbocycles. The third-order valence-electron chi connectivity index (χ3n) is 5.37. The second-order valence-corrected chi connectivity index (χ2v) is 8.72. The highest BCUT2D eigenvalue weighted by Crippen LogP contribution is 2.25. The summed E-state index contributed by atoms with van der Waals surface area (Å²) in [6, 6.07) is 15.1. The lowest BCUT2D eigenvalue weighted by Crippen LogP contribution is -2.25. The van der Waals surface area contributed by atoms with Gasteiger partial charge < -0.3 is 14.7 Å². The minimum atomic E-state index is -0.261. The maximum Gasteiger partial charge on any atom is 0.251 e. The monoisotopic (exact) mass is 418 g/mol. The van der Waals surface area contributed by atoms with Crippen molar-refractivity contribution in [2.24, 2.45) is 0 Å². The number of hydrogen-bond acceptors (Lipinski definition) is 5. The van der Waals surface area contributed by atoms with Crippen molar-refractivity contribution >= 4 is 17.5 Å². The highest BCUT2D eigenvalue weighted by Gasteiger charge is 2.22. The van der Waals surface area contributed by atoms with E-state index < -0.39 is 0 Å². The lowest BCUT2D eigenvalue weighted by Gasteiger charge is -2.18. The van der Waals surface area contributed by atoms with Gasteiger partial charge in [0.2, 0.25) is 17.6 Å². The van der Waals surface area contributed by atoms with Crippen molar-refractivity contribution in [2.45, 2.75) is 45.6 Å². The summed E-state index contributed by atoms with van der Waals surface area (Å²) in [6.45, 7) is 7.30. The predicted molar refractivity (Wildman–Crippen MR) is 118 cm³/mol. The summed E-state index contributed by atoms with van der Waals surface area (Å²) in [5, 5.41) is 6.82. The van der Waals surface area contributed by atoms with Gasteiger partial charge in [0, 0.05) is 29.8 Å². The van der Waals surface area contributed by atoms with Crippen molar-refractivity contribution < 1.29 is 14.1 Å². The highest BCUT2D eigenvalue weighted by atomic mass is 16.5. The average molecular weight is 418 g/mol. The molecule has 0 radical (unpaired) electrons. The molecule has 1 N–H and O–H groups in total. The van der Waals surface area contributed by atoms with Gasteiger partial charge in [0.15, 0.2) is 0 Å². The highest BCUT2D eigenvalue weighted by molar-refractivity contribution is 5.99. The Hall–Kier alpha value is -3.48. The maximum absolute atomic E-state index is 12.6. The van der Waals surface area contributed by atoms with E-state index in [1.165, 1.54) is 5.56 Å². The number of benzene rings is 2. The normalized spacial score (nSPS) is 14.2. The van der Waals surface area contributed by atoms with E-state index in [0.717, 1.165) is 17.7 Å². The van der Waals surface area contributed by atoms with E-state index in [9.17, 15) is 9.59 Å². The van der Waals surface area contributed by atoms with Crippen LogP contribution in [0, 0.1) is 0 Å². The Bertz CT molecular complexity index is 1100. The third-order valence-corrected chi connectivity index (χ3v) is 5.37. The number of anilines is 1. The quantitative estimate of drug-likeness (QED) is 0.674. The molecule has 3 aromatic rings. The van der Waals surface area contributed by atoms with Crippen molar-refractivity contribution in [1.82, 2.24) is 15.5 Å². The van der Waals surface area contributed by atoms with Crippen LogP contribution in [0.5, 0.6) is 0 Å². The molecule has 1 aromatic heterocycles. The summed E-state index contributed by atoms with van der Waals surface area (Å²) >= 11 is 0. The fraction of sp³-hybridized carbons (Fsp3) is 0.333. The van der Waals surface area contributed by atoms with Crippen molar-refractivity contribution in [1.29, 1.82) is 0 Å². The molecule has 0 aliphatic carbocycles. The molecule has 0 unspecified atom stereocenters. The zero-order chi connectivity index (χ0) is 22.0. The summed E-state index contributed by atoms with van der Waals surface area (Å²) < 4.78 is 5.29. The van der Waals surface area contributed by atoms with E-state index in [4.69, 9.17) is 4.52 Å². The van der Waals surface area contributed by atoms with Gasteiger partial charge in [-0.05, 0) is 35.6 Å². The second-order valence-electron chi connectivity index (χ2n) is 8.72. The standard InChI is InChI=1S/C24H26N4O3/c1-24(2,3)18-11-9-16(10-12-18)22-26-20(31-27-22)15-25-23(30)17-6-4-7-19(14-17)28-13-5-8-21(28)29/h4,6-7,9-12,14H,5,8,13,15H2,1-3H3,(H,25,30). The molecule has 0 atom stereocenters. The predicted octanol–water partition coefficient (Wildman–Crippen LogP) is 4.09. The van der Waals surface area contributed by atoms with E-state index in [1.54, 1.807) is 23.1 Å². The van der Waals surface area contributed by atoms with E-state index in [-0.39, 0.29) is 23.8 Å². The number of rotatable bonds is 5. The topological polar surface area (TPSA) is 88.3 Å². The SMILES string of the molecule is CC(C)(C)c1ccc(-c2noc(CNC(=O)c3cccc(N4CCCC4=O)c3)n2)cc1. The van der Waals surface area contributed by atoms with Crippen LogP contribution in [0.4, 0.5) is 5.69 Å². The molecule has 1 saturated heterocycles. The van der Waals surface area contributed by atoms with Gasteiger partial charge in [-0.15, -0.1) is 0 Å². The van der Waals surface area contributed by atoms with Crippen molar-refractivity contribution in [3.05, 3.63) is 65.5 Å². The van der Waals surface area contributed by atoms with E-state index >= 15 is 0 Å². The van der Waals surface area contributed by atoms with Crippen LogP contribution >= 0.6 is 0 Å². The van der Waals surface area contributed by atoms with Crippen LogP contribution in [-0.4, -0.2) is 28.5 Å². The molecular weight excluding hydrogens is 392 g/mol. The van der Waals surface area contributed by atoms with Crippen LogP contribution in [0.25, 0.3) is 11.4 Å². The van der Waals surface area contributed by atoms with Gasteiger partial charge in [0.25, 0.3) is 5.91 Å². The van der Waals surface area contributed by atoms with Gasteiger partial charge in [0.1, 0.15) is 0 Å². The van der Waals surface area contributed by atoms with Crippen LogP contribution in [0.2, 0.25) is 0 Å². The fourth-order valence-electron chi connectivity index (χ4n) is 3.56. The smallest absolute Gasteiger partial charge is 0.251 e. The van der Waals surface area contributed by atoms with Crippen LogP contribution in [0.3, 0.4) is 0 Å². The minimum Gasteiger partial charge on any atom is -0.343 e. The van der Waals surface area contributed by atoms with Crippen molar-refractivity contribution in [2.75, 3.05) is 11.4 Å². The first kappa shape index (κ1) is 20.8. The molecule has 160 valence electrons. The van der Waals surface area contributed by atoms with Gasteiger partial charge in [-0.2, -0.15) is 4.98 Å². The first-order chi connectivity index (χ1) is 14.8. The Kier molecular flexibility index (Phi) is 5.59. The average Bonchev–Trinajstić information content (AvgIpc) is 3.40. The van der Waals surface area contributed by atoms with E-state index in [2.05, 4.69) is 48.4 Å². The van der Waals surface area contributed by atoms with Crippen LogP contribution < -0.4 is 10.2 Å². The van der Waals surface area contributed by atoms with Gasteiger partial charge in [0.05, 0.1) is 6.54 Å². The molecule has 4 rings (SSSR count). The Morgan fingerprint density at radius 1 is 1.16 bits per heavy atom. The molecule has 2 heterocycles. The minimum absolute atomic E-state index is 0.0740. The molecule has 0 spiro atoms. The zero-order valence-corrected chi connectivity index (χ0v) is 18.0. The lowest BCUT2D eigenvalue weighted by molar-refractivity contribution is -0.117. The van der Waals surface area contributed by atoms with E-state index in [1.807, 2.05) is 18.2 Å². The molecule has 7 nitrogen and oxygen atoms in total. The van der Waals surface area contributed by atoms with Crippen LogP contribution in [0.1, 0.15) is 55.4 Å². The molecule has 1 aliphatic rings. The molecule has 31 heavy (non-hydrogen) atoms. The third kappa shape index (κ3) is 4.66. The number of aromatic nitrogens is 2. The van der Waals surface area contributed by atoms with E-state index in [0.29, 0.717) is 30.2 Å². The molecule has 1 aliphatic heterocycles. The second kappa shape index (κ2) is 8.34. The van der Waals surface area contributed by atoms with Gasteiger partial charge in [-0.3, -0.25) is 9.59 Å². The van der Waals surface area contributed by atoms with Crippen LogP contribution in [-0.2, 0) is 16.8 Å². The summed E-state index contributed by atoms with van der Waals surface area (Å²) in [4.78, 5) is 30.6. The Morgan fingerprint density at radius 3 is 2.61 bits per heavy atom. The number of amides is 2. The molecule has 7 heteroatoms. The van der Waals surface area contributed by atoms with Crippen molar-refractivity contribution in [3.63, 3.8) is 0 Å². The summed E-state index contributed by atoms with van der Waals surface area (Å²) in [7, 11) is 0. The van der Waals surface area contributed by atoms with Crippen molar-refractivity contribution in [3.8, 4) is 11.4 Å². The largest absolute Gasteiger partial charge is 0.343 e. The Labute approximate surface area is 181 Å².